The molecule has 1 saturated carbocycles. The maximum absolute atomic E-state index is 13.1. The lowest BCUT2D eigenvalue weighted by molar-refractivity contribution is 0.0934. The number of carbonyl (C=O) groups excluding carboxylic acids is 1. The van der Waals surface area contributed by atoms with Crippen molar-refractivity contribution >= 4 is 22.8 Å². The van der Waals surface area contributed by atoms with Gasteiger partial charge < -0.3 is 9.73 Å². The van der Waals surface area contributed by atoms with E-state index in [4.69, 9.17) is 4.42 Å². The van der Waals surface area contributed by atoms with E-state index in [1.54, 1.807) is 24.5 Å². The first-order chi connectivity index (χ1) is 13.9. The second-order valence-electron chi connectivity index (χ2n) is 7.64. The lowest BCUT2D eigenvalue weighted by Crippen LogP contribution is -2.21. The number of rotatable bonds is 4. The van der Waals surface area contributed by atoms with Crippen molar-refractivity contribution in [2.24, 2.45) is 0 Å². The molecule has 0 radical (unpaired) electrons. The van der Waals surface area contributed by atoms with Crippen molar-refractivity contribution in [1.82, 2.24) is 19.7 Å². The van der Waals surface area contributed by atoms with Crippen LogP contribution in [0.25, 0.3) is 22.2 Å². The number of nitrogens with one attached hydrogen (secondary N) is 1. The van der Waals surface area contributed by atoms with Gasteiger partial charge in [0.15, 0.2) is 0 Å². The molecule has 4 aromatic rings. The minimum atomic E-state index is -0.474. The van der Waals surface area contributed by atoms with E-state index in [1.807, 2.05) is 13.0 Å². The van der Waals surface area contributed by atoms with E-state index in [0.717, 1.165) is 23.8 Å². The average molecular weight is 391 g/mol. The molecule has 1 fully saturated rings. The maximum Gasteiger partial charge on any atom is 0.316 e. The average Bonchev–Trinajstić information content (AvgIpc) is 3.08. The number of carbonyl (C=O) groups is 1. The van der Waals surface area contributed by atoms with Crippen LogP contribution in [0.1, 0.15) is 36.1 Å². The summed E-state index contributed by atoms with van der Waals surface area (Å²) in [6.07, 6.45) is 5.20. The van der Waals surface area contributed by atoms with Crippen LogP contribution in [-0.2, 0) is 0 Å². The van der Waals surface area contributed by atoms with Gasteiger partial charge in [0.25, 0.3) is 0 Å². The number of anilines is 1. The van der Waals surface area contributed by atoms with Crippen molar-refractivity contribution in [3.05, 3.63) is 60.1 Å². The number of aromatic nitrogens is 4. The van der Waals surface area contributed by atoms with Gasteiger partial charge in [-0.1, -0.05) is 12.1 Å². The lowest BCUT2D eigenvalue weighted by Gasteiger charge is -2.13. The lowest BCUT2D eigenvalue weighted by atomic mass is 10.1. The number of benzene rings is 1. The molecule has 146 valence electrons. The van der Waals surface area contributed by atoms with Crippen LogP contribution < -0.4 is 5.32 Å². The van der Waals surface area contributed by atoms with Crippen LogP contribution >= 0.6 is 0 Å². The summed E-state index contributed by atoms with van der Waals surface area (Å²) in [6, 6.07) is 7.85. The van der Waals surface area contributed by atoms with E-state index in [0.29, 0.717) is 22.9 Å². The third kappa shape index (κ3) is 3.26. The fourth-order valence-corrected chi connectivity index (χ4v) is 3.16. The molecule has 1 aromatic carbocycles. The molecule has 0 spiro atoms. The number of nitrogens with zero attached hydrogens (tertiary/aromatic N) is 4. The van der Waals surface area contributed by atoms with Crippen LogP contribution in [0.5, 0.6) is 0 Å². The number of furan rings is 1. The summed E-state index contributed by atoms with van der Waals surface area (Å²) in [5.41, 5.74) is 1.79. The van der Waals surface area contributed by atoms with Gasteiger partial charge in [-0.05, 0) is 50.5 Å². The number of hydrogen-bond acceptors (Lipinski definition) is 6. The summed E-state index contributed by atoms with van der Waals surface area (Å²) in [5, 5.41) is 8.29. The Labute approximate surface area is 165 Å². The Morgan fingerprint density at radius 2 is 1.97 bits per heavy atom. The molecule has 1 aliphatic rings. The highest BCUT2D eigenvalue weighted by atomic mass is 19.1. The van der Waals surface area contributed by atoms with Crippen LogP contribution in [0.3, 0.4) is 0 Å². The fraction of sp³-hybridized carbons (Fsp3) is 0.238. The third-order valence-corrected chi connectivity index (χ3v) is 5.10. The standard InChI is InChI=1S/C21H18FN5O2/c1-12-9-16-17(26-21(2)7-8-21)24-18(25-19(16)29-12)20(28)27-11-14(10-23-27)13-3-5-15(22)6-4-13/h3-6,9-11H,7-8H2,1-2H3,(H,24,25,26). The van der Waals surface area contributed by atoms with Crippen molar-refractivity contribution in [1.29, 1.82) is 0 Å². The van der Waals surface area contributed by atoms with Crippen LogP contribution in [0.15, 0.2) is 47.1 Å². The van der Waals surface area contributed by atoms with Crippen LogP contribution in [0, 0.1) is 12.7 Å². The fourth-order valence-electron chi connectivity index (χ4n) is 3.16. The first kappa shape index (κ1) is 17.5. The molecule has 3 aromatic heterocycles. The summed E-state index contributed by atoms with van der Waals surface area (Å²) < 4.78 is 20.0. The highest BCUT2D eigenvalue weighted by Gasteiger charge is 2.38. The van der Waals surface area contributed by atoms with E-state index in [2.05, 4.69) is 27.3 Å². The van der Waals surface area contributed by atoms with Crippen molar-refractivity contribution < 1.29 is 13.6 Å². The number of fused-ring (bicyclic) bond motifs is 1. The largest absolute Gasteiger partial charge is 0.443 e. The molecule has 1 N–H and O–H groups in total. The Morgan fingerprint density at radius 3 is 2.69 bits per heavy atom. The first-order valence-electron chi connectivity index (χ1n) is 9.32. The van der Waals surface area contributed by atoms with Gasteiger partial charge in [0.05, 0.1) is 11.6 Å². The normalized spacial score (nSPS) is 14.9. The zero-order valence-corrected chi connectivity index (χ0v) is 15.9. The molecule has 3 heterocycles. The van der Waals surface area contributed by atoms with Gasteiger partial charge in [-0.2, -0.15) is 10.1 Å². The summed E-state index contributed by atoms with van der Waals surface area (Å²) in [6.45, 7) is 3.94. The highest BCUT2D eigenvalue weighted by molar-refractivity contribution is 5.96. The number of aryl methyl sites for hydroxylation is 1. The van der Waals surface area contributed by atoms with Gasteiger partial charge in [-0.15, -0.1) is 0 Å². The maximum atomic E-state index is 13.1. The van der Waals surface area contributed by atoms with Gasteiger partial charge in [-0.25, -0.2) is 14.1 Å². The van der Waals surface area contributed by atoms with E-state index in [9.17, 15) is 9.18 Å². The molecule has 5 rings (SSSR count). The third-order valence-electron chi connectivity index (χ3n) is 5.10. The molecule has 7 nitrogen and oxygen atoms in total. The molecule has 1 aliphatic carbocycles. The molecule has 0 atom stereocenters. The summed E-state index contributed by atoms with van der Waals surface area (Å²) in [5.74, 6) is 0.476. The second kappa shape index (κ2) is 6.23. The molecule has 0 amide bonds. The Bertz CT molecular complexity index is 1240. The molecule has 0 aliphatic heterocycles. The SMILES string of the molecule is Cc1cc2c(NC3(C)CC3)nc(C(=O)n3cc(-c4ccc(F)cc4)cn3)nc2o1. The molecular weight excluding hydrogens is 373 g/mol. The Hall–Kier alpha value is -3.55. The predicted molar refractivity (Wildman–Crippen MR) is 105 cm³/mol. The van der Waals surface area contributed by atoms with Gasteiger partial charge in [-0.3, -0.25) is 4.79 Å². The van der Waals surface area contributed by atoms with Gasteiger partial charge in [0, 0.05) is 17.3 Å². The molecule has 29 heavy (non-hydrogen) atoms. The Morgan fingerprint density at radius 1 is 1.21 bits per heavy atom. The zero-order valence-electron chi connectivity index (χ0n) is 15.9. The van der Waals surface area contributed by atoms with E-state index < -0.39 is 5.91 Å². The molecule has 8 heteroatoms. The monoisotopic (exact) mass is 391 g/mol. The van der Waals surface area contributed by atoms with Gasteiger partial charge in [0.1, 0.15) is 17.4 Å². The Kier molecular flexibility index (Phi) is 3.77. The Balaban J connectivity index is 1.52. The van der Waals surface area contributed by atoms with Crippen LogP contribution in [-0.4, -0.2) is 31.2 Å². The smallest absolute Gasteiger partial charge is 0.316 e. The number of hydrogen-bond donors (Lipinski definition) is 1. The highest BCUT2D eigenvalue weighted by Crippen LogP contribution is 2.39. The zero-order chi connectivity index (χ0) is 20.2. The molecule has 0 unspecified atom stereocenters. The minimum Gasteiger partial charge on any atom is -0.443 e. The van der Waals surface area contributed by atoms with Crippen LogP contribution in [0.2, 0.25) is 0 Å². The minimum absolute atomic E-state index is 0.00708. The second-order valence-corrected chi connectivity index (χ2v) is 7.64. The van der Waals surface area contributed by atoms with Gasteiger partial charge in [0.2, 0.25) is 11.5 Å². The van der Waals surface area contributed by atoms with E-state index in [-0.39, 0.29) is 17.2 Å². The van der Waals surface area contributed by atoms with Gasteiger partial charge >= 0.3 is 5.91 Å². The topological polar surface area (TPSA) is 85.8 Å². The van der Waals surface area contributed by atoms with E-state index in [1.165, 1.54) is 16.8 Å². The van der Waals surface area contributed by atoms with Crippen molar-refractivity contribution in [3.8, 4) is 11.1 Å². The van der Waals surface area contributed by atoms with Crippen LogP contribution in [0.4, 0.5) is 10.2 Å². The molecular formula is C21H18FN5O2. The molecule has 0 saturated heterocycles. The molecule has 0 bridgehead atoms. The summed E-state index contributed by atoms with van der Waals surface area (Å²) >= 11 is 0. The summed E-state index contributed by atoms with van der Waals surface area (Å²) in [7, 11) is 0. The predicted octanol–water partition coefficient (Wildman–Crippen LogP) is 4.19. The quantitative estimate of drug-likeness (QED) is 0.561. The van der Waals surface area contributed by atoms with E-state index >= 15 is 0 Å². The summed E-state index contributed by atoms with van der Waals surface area (Å²) in [4.78, 5) is 21.7. The van der Waals surface area contributed by atoms with Crippen molar-refractivity contribution in [3.63, 3.8) is 0 Å². The van der Waals surface area contributed by atoms with Crippen molar-refractivity contribution in [2.75, 3.05) is 5.32 Å². The number of halogens is 1. The van der Waals surface area contributed by atoms with Crippen molar-refractivity contribution in [2.45, 2.75) is 32.2 Å². The first-order valence-corrected chi connectivity index (χ1v) is 9.32.